The normalized spacial score (nSPS) is 30.2. The Morgan fingerprint density at radius 3 is 2.50 bits per heavy atom. The van der Waals surface area contributed by atoms with Gasteiger partial charge in [-0.15, -0.1) is 0 Å². The summed E-state index contributed by atoms with van der Waals surface area (Å²) in [4.78, 5) is 2.80. The smallest absolute Gasteiger partial charge is 0.00953 e. The first-order valence-electron chi connectivity index (χ1n) is 8.24. The Labute approximate surface area is 114 Å². The monoisotopic (exact) mass is 252 g/mol. The number of nitrogens with zero attached hydrogens (tertiary/aromatic N) is 1. The van der Waals surface area contributed by atoms with Gasteiger partial charge in [0.1, 0.15) is 0 Å². The first-order valence-corrected chi connectivity index (χ1v) is 8.24. The van der Waals surface area contributed by atoms with Gasteiger partial charge in [0.25, 0.3) is 0 Å². The zero-order valence-electron chi connectivity index (χ0n) is 12.5. The number of hydrogen-bond donors (Lipinski definition) is 1. The minimum Gasteiger partial charge on any atom is -0.316 e. The molecule has 0 aromatic heterocycles. The van der Waals surface area contributed by atoms with E-state index < -0.39 is 0 Å². The summed E-state index contributed by atoms with van der Waals surface area (Å²) in [6, 6.07) is 0.894. The molecule has 106 valence electrons. The Morgan fingerprint density at radius 2 is 1.94 bits per heavy atom. The maximum atomic E-state index is 3.65. The van der Waals surface area contributed by atoms with Gasteiger partial charge in [0, 0.05) is 19.1 Å². The molecule has 0 aromatic carbocycles. The third-order valence-electron chi connectivity index (χ3n) is 5.13. The highest BCUT2D eigenvalue weighted by Gasteiger charge is 2.35. The average molecular weight is 252 g/mol. The molecule has 1 unspecified atom stereocenters. The van der Waals surface area contributed by atoms with Crippen molar-refractivity contribution in [1.82, 2.24) is 10.2 Å². The van der Waals surface area contributed by atoms with E-state index in [1.54, 1.807) is 0 Å². The van der Waals surface area contributed by atoms with Gasteiger partial charge in [0.2, 0.25) is 0 Å². The number of nitrogens with one attached hydrogen (secondary N) is 1. The summed E-state index contributed by atoms with van der Waals surface area (Å²) >= 11 is 0. The fourth-order valence-electron chi connectivity index (χ4n) is 4.19. The second kappa shape index (κ2) is 6.91. The van der Waals surface area contributed by atoms with Gasteiger partial charge in [-0.2, -0.15) is 0 Å². The lowest BCUT2D eigenvalue weighted by Gasteiger charge is -2.43. The van der Waals surface area contributed by atoms with Crippen LogP contribution in [0.5, 0.6) is 0 Å². The van der Waals surface area contributed by atoms with E-state index in [2.05, 4.69) is 24.1 Å². The molecule has 2 rings (SSSR count). The van der Waals surface area contributed by atoms with Crippen molar-refractivity contribution in [3.8, 4) is 0 Å². The molecular formula is C16H32N2. The highest BCUT2D eigenvalue weighted by molar-refractivity contribution is 4.90. The number of piperidine rings is 1. The molecule has 18 heavy (non-hydrogen) atoms. The maximum Gasteiger partial charge on any atom is 0.00953 e. The van der Waals surface area contributed by atoms with Gasteiger partial charge in [-0.1, -0.05) is 33.1 Å². The average Bonchev–Trinajstić information content (AvgIpc) is 2.91. The fraction of sp³-hybridized carbons (Fsp3) is 1.00. The van der Waals surface area contributed by atoms with Crippen LogP contribution in [0.2, 0.25) is 0 Å². The van der Waals surface area contributed by atoms with Crippen molar-refractivity contribution in [2.24, 2.45) is 5.41 Å². The first-order chi connectivity index (χ1) is 8.79. The summed E-state index contributed by atoms with van der Waals surface area (Å²) in [6.45, 7) is 9.78. The van der Waals surface area contributed by atoms with Crippen molar-refractivity contribution in [3.05, 3.63) is 0 Å². The van der Waals surface area contributed by atoms with E-state index in [1.165, 1.54) is 77.5 Å². The van der Waals surface area contributed by atoms with Crippen LogP contribution >= 0.6 is 0 Å². The Hall–Kier alpha value is -0.0800. The number of hydrogen-bond acceptors (Lipinski definition) is 2. The molecule has 0 spiro atoms. The second-order valence-corrected chi connectivity index (χ2v) is 6.53. The summed E-state index contributed by atoms with van der Waals surface area (Å²) in [5.74, 6) is 0. The lowest BCUT2D eigenvalue weighted by molar-refractivity contribution is 0.0822. The second-order valence-electron chi connectivity index (χ2n) is 6.53. The van der Waals surface area contributed by atoms with E-state index >= 15 is 0 Å². The van der Waals surface area contributed by atoms with E-state index in [0.29, 0.717) is 5.41 Å². The van der Waals surface area contributed by atoms with E-state index in [9.17, 15) is 0 Å². The predicted octanol–water partition coefficient (Wildman–Crippen LogP) is 3.42. The molecular weight excluding hydrogens is 220 g/mol. The molecule has 1 aliphatic heterocycles. The Morgan fingerprint density at radius 1 is 1.17 bits per heavy atom. The molecule has 1 saturated heterocycles. The summed E-state index contributed by atoms with van der Waals surface area (Å²) in [5, 5.41) is 3.65. The third-order valence-corrected chi connectivity index (χ3v) is 5.13. The maximum absolute atomic E-state index is 3.65. The molecule has 2 nitrogen and oxygen atoms in total. The van der Waals surface area contributed by atoms with Crippen molar-refractivity contribution in [2.75, 3.05) is 26.2 Å². The zero-order valence-corrected chi connectivity index (χ0v) is 12.5. The van der Waals surface area contributed by atoms with Gasteiger partial charge >= 0.3 is 0 Å². The van der Waals surface area contributed by atoms with E-state index in [1.807, 2.05) is 0 Å². The zero-order chi connectivity index (χ0) is 12.8. The van der Waals surface area contributed by atoms with E-state index in [4.69, 9.17) is 0 Å². The van der Waals surface area contributed by atoms with Gasteiger partial charge in [-0.3, -0.25) is 0 Å². The van der Waals surface area contributed by atoms with Crippen LogP contribution in [0.25, 0.3) is 0 Å². The Kier molecular flexibility index (Phi) is 5.50. The van der Waals surface area contributed by atoms with Crippen LogP contribution in [-0.4, -0.2) is 37.1 Å². The van der Waals surface area contributed by atoms with Crippen LogP contribution in [0.1, 0.15) is 65.2 Å². The SMILES string of the molecule is CCCC1(CN(CC)C2CCCC2)CCCNC1. The highest BCUT2D eigenvalue weighted by atomic mass is 15.2. The fourth-order valence-corrected chi connectivity index (χ4v) is 4.19. The molecule has 1 aliphatic carbocycles. The minimum absolute atomic E-state index is 0.575. The molecule has 2 fully saturated rings. The molecule has 0 aromatic rings. The van der Waals surface area contributed by atoms with Crippen molar-refractivity contribution in [1.29, 1.82) is 0 Å². The lowest BCUT2D eigenvalue weighted by atomic mass is 9.76. The van der Waals surface area contributed by atoms with Gasteiger partial charge in [0.05, 0.1) is 0 Å². The molecule has 2 aliphatic rings. The molecule has 1 heterocycles. The predicted molar refractivity (Wildman–Crippen MR) is 78.9 cm³/mol. The molecule has 1 saturated carbocycles. The van der Waals surface area contributed by atoms with Crippen LogP contribution < -0.4 is 5.32 Å². The summed E-state index contributed by atoms with van der Waals surface area (Å²) < 4.78 is 0. The Bertz CT molecular complexity index is 222. The van der Waals surface area contributed by atoms with E-state index in [0.717, 1.165) is 6.04 Å². The van der Waals surface area contributed by atoms with E-state index in [-0.39, 0.29) is 0 Å². The summed E-state index contributed by atoms with van der Waals surface area (Å²) in [5.41, 5.74) is 0.575. The van der Waals surface area contributed by atoms with Gasteiger partial charge < -0.3 is 10.2 Å². The largest absolute Gasteiger partial charge is 0.316 e. The molecule has 1 N–H and O–H groups in total. The first kappa shape index (κ1) is 14.3. The van der Waals surface area contributed by atoms with Crippen molar-refractivity contribution in [2.45, 2.75) is 71.3 Å². The van der Waals surface area contributed by atoms with Crippen LogP contribution in [-0.2, 0) is 0 Å². The molecule has 0 bridgehead atoms. The van der Waals surface area contributed by atoms with Crippen molar-refractivity contribution >= 4 is 0 Å². The highest BCUT2D eigenvalue weighted by Crippen LogP contribution is 2.35. The molecule has 0 radical (unpaired) electrons. The van der Waals surface area contributed by atoms with Gasteiger partial charge in [-0.25, -0.2) is 0 Å². The molecule has 2 heteroatoms. The summed E-state index contributed by atoms with van der Waals surface area (Å²) in [6.07, 6.45) is 11.4. The molecule has 1 atom stereocenters. The van der Waals surface area contributed by atoms with Gasteiger partial charge in [-0.05, 0) is 50.6 Å². The van der Waals surface area contributed by atoms with Crippen LogP contribution in [0, 0.1) is 5.41 Å². The van der Waals surface area contributed by atoms with Crippen LogP contribution in [0.3, 0.4) is 0 Å². The summed E-state index contributed by atoms with van der Waals surface area (Å²) in [7, 11) is 0. The topological polar surface area (TPSA) is 15.3 Å². The molecule has 0 amide bonds. The lowest BCUT2D eigenvalue weighted by Crippen LogP contribution is -2.49. The quantitative estimate of drug-likeness (QED) is 0.779. The minimum atomic E-state index is 0.575. The van der Waals surface area contributed by atoms with Crippen molar-refractivity contribution in [3.63, 3.8) is 0 Å². The Balaban J connectivity index is 1.96. The van der Waals surface area contributed by atoms with Crippen LogP contribution in [0.15, 0.2) is 0 Å². The number of rotatable bonds is 6. The standard InChI is InChI=1S/C16H32N2/c1-3-10-16(11-7-12-17-13-16)14-18(4-2)15-8-5-6-9-15/h15,17H,3-14H2,1-2H3. The van der Waals surface area contributed by atoms with Gasteiger partial charge in [0.15, 0.2) is 0 Å². The third kappa shape index (κ3) is 3.48. The van der Waals surface area contributed by atoms with Crippen LogP contribution in [0.4, 0.5) is 0 Å². The van der Waals surface area contributed by atoms with Crippen molar-refractivity contribution < 1.29 is 0 Å².